The summed E-state index contributed by atoms with van der Waals surface area (Å²) in [4.78, 5) is 38.3. The predicted octanol–water partition coefficient (Wildman–Crippen LogP) is 1.00. The molecule has 0 radical (unpaired) electrons. The first-order chi connectivity index (χ1) is 18.3. The Morgan fingerprint density at radius 3 is 2.44 bits per heavy atom. The van der Waals surface area contributed by atoms with Gasteiger partial charge in [0.25, 0.3) is 0 Å². The van der Waals surface area contributed by atoms with Gasteiger partial charge in [0.15, 0.2) is 23.4 Å². The van der Waals surface area contributed by atoms with E-state index in [2.05, 4.69) is 28.5 Å². The molecule has 1 heterocycles. The molecule has 11 heteroatoms. The van der Waals surface area contributed by atoms with E-state index < -0.39 is 58.4 Å². The van der Waals surface area contributed by atoms with Crippen LogP contribution in [-0.4, -0.2) is 79.6 Å². The van der Waals surface area contributed by atoms with Crippen LogP contribution in [0.15, 0.2) is 30.9 Å². The minimum Gasteiger partial charge on any atom is -0.507 e. The number of aromatic hydroxyl groups is 3. The number of benzene rings is 2. The number of rotatable bonds is 3. The van der Waals surface area contributed by atoms with Crippen LogP contribution in [0, 0.1) is 17.8 Å². The van der Waals surface area contributed by atoms with Gasteiger partial charge in [-0.2, -0.15) is 0 Å². The van der Waals surface area contributed by atoms with Gasteiger partial charge >= 0.3 is 5.97 Å². The SMILES string of the molecule is C=CC#CCO.COC(=O)C(O)C(C)(O)C1Cc2cc(O)c3c(c2NC1C)C(=O)c1c(ccc(O)c1O)C3=O. The summed E-state index contributed by atoms with van der Waals surface area (Å²) < 4.78 is 4.53. The summed E-state index contributed by atoms with van der Waals surface area (Å²) in [6.07, 6.45) is -0.373. The highest BCUT2D eigenvalue weighted by Gasteiger charge is 2.49. The molecule has 0 amide bonds. The topological polar surface area (TPSA) is 194 Å². The van der Waals surface area contributed by atoms with Crippen molar-refractivity contribution in [1.29, 1.82) is 0 Å². The molecule has 2 aliphatic rings. The van der Waals surface area contributed by atoms with Crippen LogP contribution in [0.5, 0.6) is 17.2 Å². The molecule has 0 aromatic heterocycles. The van der Waals surface area contributed by atoms with E-state index >= 15 is 0 Å². The van der Waals surface area contributed by atoms with Crippen molar-refractivity contribution in [2.75, 3.05) is 19.0 Å². The zero-order chi connectivity index (χ0) is 29.2. The van der Waals surface area contributed by atoms with Gasteiger partial charge < -0.3 is 40.7 Å². The lowest BCUT2D eigenvalue weighted by Crippen LogP contribution is -2.56. The van der Waals surface area contributed by atoms with Crippen LogP contribution in [-0.2, 0) is 16.0 Å². The normalized spacial score (nSPS) is 19.2. The number of ketones is 2. The maximum absolute atomic E-state index is 13.3. The standard InChI is InChI=1S/C23H23NO9.C5H6O/c1-8-11(23(2,32)21(30)22(31)33-3)6-9-7-13(26)15-16(17(9)24-8)20(29)14-10(18(15)27)4-5-12(25)19(14)28;1-2-3-4-5-6/h4-5,7-8,11,21,24-26,28,30,32H,6H2,1-3H3;2,6H,1,5H2. The van der Waals surface area contributed by atoms with Crippen molar-refractivity contribution in [2.24, 2.45) is 5.92 Å². The number of carbonyl (C=O) groups is 3. The van der Waals surface area contributed by atoms with Gasteiger partial charge in [-0.05, 0) is 50.1 Å². The molecule has 0 spiro atoms. The Labute approximate surface area is 224 Å². The smallest absolute Gasteiger partial charge is 0.337 e. The number of anilines is 1. The average molecular weight is 540 g/mol. The van der Waals surface area contributed by atoms with Gasteiger partial charge in [0, 0.05) is 23.2 Å². The number of hydrogen-bond donors (Lipinski definition) is 7. The lowest BCUT2D eigenvalue weighted by Gasteiger charge is -2.43. The molecular weight excluding hydrogens is 510 g/mol. The van der Waals surface area contributed by atoms with Crippen molar-refractivity contribution >= 4 is 23.2 Å². The fraction of sp³-hybridized carbons (Fsp3) is 0.321. The summed E-state index contributed by atoms with van der Waals surface area (Å²) in [6, 6.07) is 2.97. The number of allylic oxidation sites excluding steroid dienone is 1. The Balaban J connectivity index is 0.000000631. The lowest BCUT2D eigenvalue weighted by molar-refractivity contribution is -0.172. The van der Waals surface area contributed by atoms with E-state index in [0.29, 0.717) is 5.56 Å². The second-order valence-corrected chi connectivity index (χ2v) is 9.27. The Hall–Kier alpha value is -4.37. The molecule has 4 atom stereocenters. The fourth-order valence-electron chi connectivity index (χ4n) is 4.89. The number of phenolic OH excluding ortho intramolecular Hbond substituents is 3. The molecule has 2 aromatic rings. The second kappa shape index (κ2) is 11.2. The van der Waals surface area contributed by atoms with Crippen LogP contribution in [0.4, 0.5) is 5.69 Å². The van der Waals surface area contributed by atoms with E-state index in [0.717, 1.165) is 13.2 Å². The molecular formula is C28H29NO10. The summed E-state index contributed by atoms with van der Waals surface area (Å²) in [5.41, 5.74) is -2.27. The number of nitrogens with one attached hydrogen (secondary N) is 1. The Bertz CT molecular complexity index is 1420. The molecule has 206 valence electrons. The molecule has 2 aromatic carbocycles. The molecule has 4 rings (SSSR count). The second-order valence-electron chi connectivity index (χ2n) is 9.27. The van der Waals surface area contributed by atoms with E-state index in [4.69, 9.17) is 5.11 Å². The molecule has 11 nitrogen and oxygen atoms in total. The number of aliphatic hydroxyl groups excluding tert-OH is 2. The summed E-state index contributed by atoms with van der Waals surface area (Å²) in [7, 11) is 1.08. The fourth-order valence-corrected chi connectivity index (χ4v) is 4.89. The zero-order valence-corrected chi connectivity index (χ0v) is 21.5. The largest absolute Gasteiger partial charge is 0.507 e. The number of hydrogen-bond acceptors (Lipinski definition) is 11. The maximum Gasteiger partial charge on any atom is 0.337 e. The minimum absolute atomic E-state index is 0.0335. The quantitative estimate of drug-likeness (QED) is 0.109. The summed E-state index contributed by atoms with van der Waals surface area (Å²) in [6.45, 7) is 6.18. The monoisotopic (exact) mass is 539 g/mol. The molecule has 1 aliphatic heterocycles. The van der Waals surface area contributed by atoms with Crippen molar-refractivity contribution in [3.63, 3.8) is 0 Å². The number of aliphatic hydroxyl groups is 3. The average Bonchev–Trinajstić information content (AvgIpc) is 2.90. The Morgan fingerprint density at radius 2 is 1.87 bits per heavy atom. The third-order valence-corrected chi connectivity index (χ3v) is 6.90. The highest BCUT2D eigenvalue weighted by atomic mass is 16.5. The van der Waals surface area contributed by atoms with Gasteiger partial charge in [-0.1, -0.05) is 18.4 Å². The van der Waals surface area contributed by atoms with E-state index in [-0.39, 0.29) is 41.0 Å². The van der Waals surface area contributed by atoms with Crippen LogP contribution in [0.1, 0.15) is 51.3 Å². The number of carbonyl (C=O) groups excluding carboxylic acids is 3. The van der Waals surface area contributed by atoms with E-state index in [9.17, 15) is 39.9 Å². The van der Waals surface area contributed by atoms with Crippen molar-refractivity contribution < 1.29 is 49.8 Å². The van der Waals surface area contributed by atoms with Crippen LogP contribution in [0.2, 0.25) is 0 Å². The first-order valence-electron chi connectivity index (χ1n) is 11.8. The van der Waals surface area contributed by atoms with Crippen LogP contribution in [0.25, 0.3) is 0 Å². The summed E-state index contributed by atoms with van der Waals surface area (Å²) in [5.74, 6) is -0.154. The first-order valence-corrected chi connectivity index (χ1v) is 11.8. The molecule has 0 bridgehead atoms. The highest BCUT2D eigenvalue weighted by molar-refractivity contribution is 6.32. The van der Waals surface area contributed by atoms with Crippen molar-refractivity contribution in [3.8, 4) is 29.1 Å². The third kappa shape index (κ3) is 5.05. The lowest BCUT2D eigenvalue weighted by atomic mass is 9.72. The van der Waals surface area contributed by atoms with Crippen LogP contribution in [0.3, 0.4) is 0 Å². The van der Waals surface area contributed by atoms with Crippen molar-refractivity contribution in [1.82, 2.24) is 0 Å². The molecule has 0 fully saturated rings. The molecule has 1 aliphatic carbocycles. The third-order valence-electron chi connectivity index (χ3n) is 6.90. The number of fused-ring (bicyclic) bond motifs is 4. The number of methoxy groups -OCH3 is 1. The maximum atomic E-state index is 13.3. The molecule has 0 saturated heterocycles. The van der Waals surface area contributed by atoms with Crippen molar-refractivity contribution in [3.05, 3.63) is 58.7 Å². The summed E-state index contributed by atoms with van der Waals surface area (Å²) in [5, 5.41) is 63.0. The van der Waals surface area contributed by atoms with E-state index in [1.165, 1.54) is 25.1 Å². The van der Waals surface area contributed by atoms with Gasteiger partial charge in [-0.25, -0.2) is 4.79 Å². The van der Waals surface area contributed by atoms with Gasteiger partial charge in [0.2, 0.25) is 5.78 Å². The molecule has 0 saturated carbocycles. The van der Waals surface area contributed by atoms with Crippen LogP contribution >= 0.6 is 0 Å². The highest BCUT2D eigenvalue weighted by Crippen LogP contribution is 2.47. The zero-order valence-electron chi connectivity index (χ0n) is 21.5. The van der Waals surface area contributed by atoms with Gasteiger partial charge in [0.1, 0.15) is 18.0 Å². The number of phenols is 3. The Morgan fingerprint density at radius 1 is 1.21 bits per heavy atom. The van der Waals surface area contributed by atoms with Crippen molar-refractivity contribution in [2.45, 2.75) is 38.0 Å². The molecule has 39 heavy (non-hydrogen) atoms. The van der Waals surface area contributed by atoms with E-state index in [1.54, 1.807) is 6.92 Å². The predicted molar refractivity (Wildman–Crippen MR) is 139 cm³/mol. The molecule has 7 N–H and O–H groups in total. The molecule has 4 unspecified atom stereocenters. The minimum atomic E-state index is -1.93. The van der Waals surface area contributed by atoms with Gasteiger partial charge in [0.05, 0.1) is 23.8 Å². The Kier molecular flexibility index (Phi) is 8.36. The summed E-state index contributed by atoms with van der Waals surface area (Å²) >= 11 is 0. The van der Waals surface area contributed by atoms with E-state index in [1.807, 2.05) is 0 Å². The van der Waals surface area contributed by atoms with Gasteiger partial charge in [-0.3, -0.25) is 9.59 Å². The van der Waals surface area contributed by atoms with Gasteiger partial charge in [-0.15, -0.1) is 0 Å². The van der Waals surface area contributed by atoms with Crippen LogP contribution < -0.4 is 5.32 Å². The first kappa shape index (κ1) is 29.2. The number of esters is 1. The number of ether oxygens (including phenoxy) is 1.